The van der Waals surface area contributed by atoms with Gasteiger partial charge in [-0.15, -0.1) is 16.7 Å². The fourth-order valence-electron chi connectivity index (χ4n) is 1.04. The maximum atomic E-state index is 11.6. The fourth-order valence-corrected chi connectivity index (χ4v) is 3.27. The van der Waals surface area contributed by atoms with E-state index in [2.05, 4.69) is 10.2 Å². The lowest BCUT2D eigenvalue weighted by Gasteiger charge is -2.04. The Kier molecular flexibility index (Phi) is 4.07. The largest absolute Gasteiger partial charge is 0.296 e. The third-order valence-corrected chi connectivity index (χ3v) is 4.81. The average molecular weight is 301 g/mol. The Morgan fingerprint density at radius 1 is 1.29 bits per heavy atom. The van der Waals surface area contributed by atoms with Crippen LogP contribution in [-0.4, -0.2) is 43.2 Å². The minimum Gasteiger partial charge on any atom is -0.282 e. The summed E-state index contributed by atoms with van der Waals surface area (Å²) < 4.78 is 53.9. The summed E-state index contributed by atoms with van der Waals surface area (Å²) >= 11 is 5.30. The van der Waals surface area contributed by atoms with Crippen LogP contribution in [0, 0.1) is 6.92 Å². The van der Waals surface area contributed by atoms with Crippen molar-refractivity contribution in [2.24, 2.45) is 0 Å². The minimum absolute atomic E-state index is 0.0858. The average Bonchev–Trinajstić information content (AvgIpc) is 2.15. The van der Waals surface area contributed by atoms with Crippen molar-refractivity contribution in [1.82, 2.24) is 10.2 Å². The van der Waals surface area contributed by atoms with E-state index in [0.29, 0.717) is 0 Å². The molecule has 1 heterocycles. The molecule has 0 spiro atoms. The number of hydrogen-bond acceptors (Lipinski definition) is 6. The predicted molar refractivity (Wildman–Crippen MR) is 59.4 cm³/mol. The Balaban J connectivity index is 3.43. The van der Waals surface area contributed by atoms with Gasteiger partial charge in [-0.2, -0.15) is 13.5 Å². The number of hydrogen-bond donors (Lipinski definition) is 1. The molecule has 1 aromatic rings. The van der Waals surface area contributed by atoms with Gasteiger partial charge in [0.15, 0.2) is 14.9 Å². The third kappa shape index (κ3) is 3.35. The molecule has 0 aromatic carbocycles. The van der Waals surface area contributed by atoms with Crippen LogP contribution in [0.15, 0.2) is 16.0 Å². The van der Waals surface area contributed by atoms with Crippen LogP contribution in [0.4, 0.5) is 0 Å². The Labute approximate surface area is 103 Å². The number of rotatable bonds is 4. The molecule has 0 unspecified atom stereocenters. The van der Waals surface area contributed by atoms with Crippen LogP contribution >= 0.6 is 11.6 Å². The van der Waals surface area contributed by atoms with Crippen molar-refractivity contribution in [1.29, 1.82) is 0 Å². The van der Waals surface area contributed by atoms with Crippen LogP contribution in [0.1, 0.15) is 5.69 Å². The minimum atomic E-state index is -4.53. The van der Waals surface area contributed by atoms with Crippen LogP contribution in [0.2, 0.25) is 0 Å². The second kappa shape index (κ2) is 4.84. The van der Waals surface area contributed by atoms with Gasteiger partial charge in [0, 0.05) is 11.9 Å². The number of aryl methyl sites for hydroxylation is 1. The summed E-state index contributed by atoms with van der Waals surface area (Å²) in [5, 5.41) is 6.22. The zero-order chi connectivity index (χ0) is 13.3. The molecule has 1 rings (SSSR count). The second-order valence-electron chi connectivity index (χ2n) is 3.12. The molecule has 0 saturated carbocycles. The summed E-state index contributed by atoms with van der Waals surface area (Å²) in [7, 11) is -8.32. The molecule has 1 aromatic heterocycles. The molecule has 0 radical (unpaired) electrons. The van der Waals surface area contributed by atoms with Gasteiger partial charge in [-0.25, -0.2) is 8.42 Å². The number of sulfone groups is 1. The first-order chi connectivity index (χ1) is 7.68. The van der Waals surface area contributed by atoms with Gasteiger partial charge in [-0.1, -0.05) is 0 Å². The number of nitrogens with zero attached hydrogens (tertiary/aromatic N) is 2. The van der Waals surface area contributed by atoms with Gasteiger partial charge in [0.25, 0.3) is 10.1 Å². The van der Waals surface area contributed by atoms with Crippen molar-refractivity contribution >= 4 is 31.6 Å². The monoisotopic (exact) mass is 300 g/mol. The molecule has 10 heteroatoms. The van der Waals surface area contributed by atoms with E-state index >= 15 is 0 Å². The number of alkyl halides is 1. The standard InChI is InChI=1S/C7H9ClN2O5S2/c1-5-6(17(13,14)15)4-7(10-9-5)16(11,12)3-2-8/h4H,2-3H2,1H3,(H,13,14,15). The van der Waals surface area contributed by atoms with E-state index in [1.807, 2.05) is 0 Å². The first-order valence-corrected chi connectivity index (χ1v) is 7.91. The molecule has 7 nitrogen and oxygen atoms in total. The van der Waals surface area contributed by atoms with Crippen LogP contribution < -0.4 is 0 Å². The van der Waals surface area contributed by atoms with Gasteiger partial charge in [0.05, 0.1) is 11.4 Å². The lowest BCUT2D eigenvalue weighted by Crippen LogP contribution is -2.13. The van der Waals surface area contributed by atoms with E-state index in [9.17, 15) is 16.8 Å². The smallest absolute Gasteiger partial charge is 0.282 e. The summed E-state index contributed by atoms with van der Waals surface area (Å²) in [4.78, 5) is -0.583. The molecule has 0 bridgehead atoms. The molecule has 0 aliphatic heterocycles. The summed E-state index contributed by atoms with van der Waals surface area (Å²) in [6.07, 6.45) is 0. The van der Waals surface area contributed by atoms with E-state index in [1.165, 1.54) is 6.92 Å². The highest BCUT2D eigenvalue weighted by molar-refractivity contribution is 7.91. The van der Waals surface area contributed by atoms with Crippen LogP contribution in [-0.2, 0) is 20.0 Å². The molecular formula is C7H9ClN2O5S2. The van der Waals surface area contributed by atoms with Gasteiger partial charge in [0.1, 0.15) is 4.90 Å². The molecule has 0 aliphatic rings. The summed E-state index contributed by atoms with van der Waals surface area (Å²) in [6.45, 7) is 1.29. The van der Waals surface area contributed by atoms with Crippen molar-refractivity contribution < 1.29 is 21.4 Å². The highest BCUT2D eigenvalue weighted by Crippen LogP contribution is 2.16. The van der Waals surface area contributed by atoms with Gasteiger partial charge < -0.3 is 0 Å². The highest BCUT2D eigenvalue weighted by Gasteiger charge is 2.22. The van der Waals surface area contributed by atoms with Crippen molar-refractivity contribution in [3.63, 3.8) is 0 Å². The molecule has 1 N–H and O–H groups in total. The number of aromatic nitrogens is 2. The molecule has 0 fully saturated rings. The third-order valence-electron chi connectivity index (χ3n) is 1.85. The van der Waals surface area contributed by atoms with Crippen LogP contribution in [0.3, 0.4) is 0 Å². The lowest BCUT2D eigenvalue weighted by atomic mass is 10.4. The second-order valence-corrected chi connectivity index (χ2v) is 6.94. The maximum Gasteiger partial charge on any atom is 0.296 e. The fraction of sp³-hybridized carbons (Fsp3) is 0.429. The van der Waals surface area contributed by atoms with Gasteiger partial charge in [-0.3, -0.25) is 4.55 Å². The first kappa shape index (κ1) is 14.3. The summed E-state index contributed by atoms with van der Waals surface area (Å²) in [6, 6.07) is 0.763. The molecule has 17 heavy (non-hydrogen) atoms. The maximum absolute atomic E-state index is 11.6. The normalized spacial score (nSPS) is 12.6. The topological polar surface area (TPSA) is 114 Å². The number of halogens is 1. The zero-order valence-corrected chi connectivity index (χ0v) is 11.0. The van der Waals surface area contributed by atoms with Crippen molar-refractivity contribution in [3.8, 4) is 0 Å². The summed E-state index contributed by atoms with van der Waals surface area (Å²) in [5.41, 5.74) is -0.0858. The predicted octanol–water partition coefficient (Wildman–Crippen LogP) is 0.0442. The van der Waals surface area contributed by atoms with Crippen molar-refractivity contribution in [2.75, 3.05) is 11.6 Å². The van der Waals surface area contributed by atoms with Crippen molar-refractivity contribution in [3.05, 3.63) is 11.8 Å². The van der Waals surface area contributed by atoms with E-state index in [0.717, 1.165) is 6.07 Å². The van der Waals surface area contributed by atoms with E-state index < -0.39 is 35.6 Å². The Hall–Kier alpha value is -0.770. The molecule has 0 aliphatic carbocycles. The molecule has 0 amide bonds. The van der Waals surface area contributed by atoms with Gasteiger partial charge in [0.2, 0.25) is 0 Å². The van der Waals surface area contributed by atoms with Crippen LogP contribution in [0.5, 0.6) is 0 Å². The van der Waals surface area contributed by atoms with Crippen LogP contribution in [0.25, 0.3) is 0 Å². The Bertz CT molecular complexity index is 626. The highest BCUT2D eigenvalue weighted by atomic mass is 35.5. The Morgan fingerprint density at radius 3 is 2.35 bits per heavy atom. The Morgan fingerprint density at radius 2 is 1.88 bits per heavy atom. The van der Waals surface area contributed by atoms with E-state index in [1.54, 1.807) is 0 Å². The zero-order valence-electron chi connectivity index (χ0n) is 8.66. The van der Waals surface area contributed by atoms with Gasteiger partial charge >= 0.3 is 0 Å². The molecule has 96 valence electrons. The molecular weight excluding hydrogens is 292 g/mol. The summed E-state index contributed by atoms with van der Waals surface area (Å²) in [5.74, 6) is -0.545. The molecule has 0 atom stereocenters. The lowest BCUT2D eigenvalue weighted by molar-refractivity contribution is 0.481. The van der Waals surface area contributed by atoms with E-state index in [4.69, 9.17) is 16.2 Å². The van der Waals surface area contributed by atoms with Crippen molar-refractivity contribution in [2.45, 2.75) is 16.8 Å². The SMILES string of the molecule is Cc1nnc(S(=O)(=O)CCCl)cc1S(=O)(=O)O. The quantitative estimate of drug-likeness (QED) is 0.617. The molecule has 0 saturated heterocycles. The van der Waals surface area contributed by atoms with Gasteiger partial charge in [-0.05, 0) is 6.92 Å². The first-order valence-electron chi connectivity index (χ1n) is 4.29. The van der Waals surface area contributed by atoms with E-state index in [-0.39, 0.29) is 11.6 Å².